The topological polar surface area (TPSA) is 63.1 Å². The Morgan fingerprint density at radius 3 is 2.66 bits per heavy atom. The molecular weight excluding hydrogens is 413 g/mol. The number of halogens is 2. The fourth-order valence-corrected chi connectivity index (χ4v) is 4.85. The predicted octanol–water partition coefficient (Wildman–Crippen LogP) is 4.67. The number of benzene rings is 1. The van der Waals surface area contributed by atoms with Crippen LogP contribution in [0, 0.1) is 5.82 Å². The van der Waals surface area contributed by atoms with E-state index in [9.17, 15) is 13.4 Å². The van der Waals surface area contributed by atoms with E-state index in [1.165, 1.54) is 18.2 Å². The number of nitrogens with one attached hydrogen (secondary N) is 2. The first-order valence-corrected chi connectivity index (χ1v) is 11.2. The molecule has 1 heterocycles. The van der Waals surface area contributed by atoms with Crippen molar-refractivity contribution in [3.63, 3.8) is 0 Å². The van der Waals surface area contributed by atoms with E-state index in [2.05, 4.69) is 10.0 Å². The van der Waals surface area contributed by atoms with E-state index >= 15 is 0 Å². The highest BCUT2D eigenvalue weighted by Crippen LogP contribution is 2.39. The van der Waals surface area contributed by atoms with Crippen molar-refractivity contribution in [1.29, 1.82) is 0 Å². The van der Waals surface area contributed by atoms with Crippen molar-refractivity contribution >= 4 is 34.2 Å². The zero-order chi connectivity index (χ0) is 21.5. The van der Waals surface area contributed by atoms with Crippen molar-refractivity contribution in [2.75, 3.05) is 5.32 Å². The zero-order valence-electron chi connectivity index (χ0n) is 17.4. The highest BCUT2D eigenvalue weighted by Gasteiger charge is 2.35. The lowest BCUT2D eigenvalue weighted by atomic mass is 10.1. The van der Waals surface area contributed by atoms with Crippen molar-refractivity contribution in [3.8, 4) is 0 Å². The Bertz CT molecular complexity index is 981. The molecule has 1 amide bonds. The molecule has 2 atom stereocenters. The Kier molecular flexibility index (Phi) is 6.22. The van der Waals surface area contributed by atoms with Gasteiger partial charge in [-0.25, -0.2) is 13.3 Å². The van der Waals surface area contributed by atoms with Gasteiger partial charge < -0.3 is 9.88 Å². The van der Waals surface area contributed by atoms with E-state index in [-0.39, 0.29) is 21.7 Å². The molecular formula is C21H27ClFN3O2S. The average Bonchev–Trinajstić information content (AvgIpc) is 3.14. The Balaban J connectivity index is 1.93. The number of aromatic nitrogens is 1. The van der Waals surface area contributed by atoms with E-state index in [0.717, 1.165) is 36.1 Å². The molecule has 1 aromatic carbocycles. The number of hydrogen-bond donors (Lipinski definition) is 2. The second-order valence-electron chi connectivity index (χ2n) is 8.27. The second kappa shape index (κ2) is 8.20. The van der Waals surface area contributed by atoms with Gasteiger partial charge in [-0.1, -0.05) is 18.5 Å². The van der Waals surface area contributed by atoms with Gasteiger partial charge in [0.25, 0.3) is 5.91 Å². The van der Waals surface area contributed by atoms with Gasteiger partial charge in [-0.05, 0) is 69.4 Å². The standard InChI is InChI=1S/C21H27ClFN3O2S/c1-6-17-18-13(8-10-16(18)25-29(28)21(2,3)4)19(26(17)5)20(27)24-12-7-9-15(23)14(22)11-12/h7,9,11,16,25H,6,8,10H2,1-5H3,(H,24,27). The third kappa shape index (κ3) is 4.27. The third-order valence-corrected chi connectivity index (χ3v) is 7.13. The number of fused-ring (bicyclic) bond motifs is 1. The first-order chi connectivity index (χ1) is 13.5. The molecule has 2 aromatic rings. The minimum absolute atomic E-state index is 0.0388. The van der Waals surface area contributed by atoms with Crippen LogP contribution < -0.4 is 10.0 Å². The van der Waals surface area contributed by atoms with Gasteiger partial charge in [0.05, 0.1) is 20.8 Å². The normalized spacial score (nSPS) is 17.3. The molecule has 0 saturated heterocycles. The molecule has 1 aromatic heterocycles. The zero-order valence-corrected chi connectivity index (χ0v) is 18.9. The van der Waals surface area contributed by atoms with Crippen molar-refractivity contribution < 1.29 is 13.4 Å². The Morgan fingerprint density at radius 1 is 1.38 bits per heavy atom. The summed E-state index contributed by atoms with van der Waals surface area (Å²) < 4.78 is 30.8. The van der Waals surface area contributed by atoms with E-state index in [4.69, 9.17) is 11.6 Å². The summed E-state index contributed by atoms with van der Waals surface area (Å²) in [4.78, 5) is 13.1. The van der Waals surface area contributed by atoms with Crippen molar-refractivity contribution in [1.82, 2.24) is 9.29 Å². The number of amides is 1. The van der Waals surface area contributed by atoms with Crippen LogP contribution in [0.25, 0.3) is 0 Å². The summed E-state index contributed by atoms with van der Waals surface area (Å²) >= 11 is 5.83. The fraction of sp³-hybridized carbons (Fsp3) is 0.476. The van der Waals surface area contributed by atoms with Gasteiger partial charge in [-0.3, -0.25) is 4.79 Å². The Hall–Kier alpha value is -1.70. The fourth-order valence-electron chi connectivity index (χ4n) is 3.82. The Labute approximate surface area is 178 Å². The van der Waals surface area contributed by atoms with Crippen molar-refractivity contribution in [3.05, 3.63) is 51.6 Å². The van der Waals surface area contributed by atoms with Crippen molar-refractivity contribution in [2.24, 2.45) is 7.05 Å². The lowest BCUT2D eigenvalue weighted by molar-refractivity contribution is 0.101. The summed E-state index contributed by atoms with van der Waals surface area (Å²) in [6, 6.07) is 4.06. The first-order valence-electron chi connectivity index (χ1n) is 9.69. The number of nitrogens with zero attached hydrogens (tertiary/aromatic N) is 1. The van der Waals surface area contributed by atoms with Crippen LogP contribution in [0.2, 0.25) is 5.02 Å². The number of carbonyl (C=O) groups excluding carboxylic acids is 1. The molecule has 2 N–H and O–H groups in total. The smallest absolute Gasteiger partial charge is 0.272 e. The van der Waals surface area contributed by atoms with E-state index in [1.807, 2.05) is 39.3 Å². The van der Waals surface area contributed by atoms with Gasteiger partial charge in [0.1, 0.15) is 11.5 Å². The second-order valence-corrected chi connectivity index (χ2v) is 10.7. The summed E-state index contributed by atoms with van der Waals surface area (Å²) in [7, 11) is 0.677. The lowest BCUT2D eigenvalue weighted by Gasteiger charge is -2.22. The molecule has 3 rings (SSSR count). The summed E-state index contributed by atoms with van der Waals surface area (Å²) in [5.41, 5.74) is 4.15. The largest absolute Gasteiger partial charge is 0.343 e. The maximum atomic E-state index is 13.4. The quantitative estimate of drug-likeness (QED) is 0.710. The summed E-state index contributed by atoms with van der Waals surface area (Å²) in [6.07, 6.45) is 2.28. The van der Waals surface area contributed by atoms with E-state index in [0.29, 0.717) is 11.4 Å². The molecule has 29 heavy (non-hydrogen) atoms. The van der Waals surface area contributed by atoms with E-state index < -0.39 is 16.8 Å². The van der Waals surface area contributed by atoms with Crippen molar-refractivity contribution in [2.45, 2.75) is 57.7 Å². The molecule has 8 heteroatoms. The minimum atomic E-state index is -1.20. The average molecular weight is 440 g/mol. The summed E-state index contributed by atoms with van der Waals surface area (Å²) in [5.74, 6) is -0.790. The molecule has 1 aliphatic rings. The highest BCUT2D eigenvalue weighted by atomic mass is 35.5. The SMILES string of the molecule is CCc1c2c(c(C(=O)Nc3ccc(F)c(Cl)c3)n1C)CCC2NS(=O)C(C)(C)C. The highest BCUT2D eigenvalue weighted by molar-refractivity contribution is 7.84. The first kappa shape index (κ1) is 22.0. The van der Waals surface area contributed by atoms with Gasteiger partial charge in [0.2, 0.25) is 0 Å². The molecule has 5 nitrogen and oxygen atoms in total. The van der Waals surface area contributed by atoms with Crippen LogP contribution in [-0.2, 0) is 30.9 Å². The predicted molar refractivity (Wildman–Crippen MR) is 116 cm³/mol. The summed E-state index contributed by atoms with van der Waals surface area (Å²) in [5, 5.41) is 2.78. The molecule has 2 unspecified atom stereocenters. The van der Waals surface area contributed by atoms with Gasteiger partial charge >= 0.3 is 0 Å². The van der Waals surface area contributed by atoms with Gasteiger partial charge in [0.15, 0.2) is 0 Å². The molecule has 0 saturated carbocycles. The number of rotatable bonds is 5. The third-order valence-electron chi connectivity index (χ3n) is 5.23. The van der Waals surface area contributed by atoms with Crippen LogP contribution in [-0.4, -0.2) is 19.4 Å². The maximum absolute atomic E-state index is 13.4. The van der Waals surface area contributed by atoms with E-state index in [1.54, 1.807) is 0 Å². The summed E-state index contributed by atoms with van der Waals surface area (Å²) in [6.45, 7) is 7.85. The van der Waals surface area contributed by atoms with Crippen LogP contribution in [0.1, 0.15) is 67.5 Å². The minimum Gasteiger partial charge on any atom is -0.343 e. The molecule has 0 radical (unpaired) electrons. The number of anilines is 1. The molecule has 0 fully saturated rings. The Morgan fingerprint density at radius 2 is 2.07 bits per heavy atom. The van der Waals surface area contributed by atoms with Crippen LogP contribution in [0.15, 0.2) is 18.2 Å². The molecule has 1 aliphatic carbocycles. The van der Waals surface area contributed by atoms with Gasteiger partial charge in [-0.15, -0.1) is 0 Å². The van der Waals surface area contributed by atoms with Crippen LogP contribution in [0.3, 0.4) is 0 Å². The van der Waals surface area contributed by atoms with Gasteiger partial charge in [-0.2, -0.15) is 0 Å². The van der Waals surface area contributed by atoms with Crippen LogP contribution >= 0.6 is 11.6 Å². The monoisotopic (exact) mass is 439 g/mol. The molecule has 0 bridgehead atoms. The number of carbonyl (C=O) groups is 1. The van der Waals surface area contributed by atoms with Gasteiger partial charge in [0, 0.05) is 24.5 Å². The number of hydrogen-bond acceptors (Lipinski definition) is 2. The lowest BCUT2D eigenvalue weighted by Crippen LogP contribution is -2.35. The van der Waals surface area contributed by atoms with Crippen LogP contribution in [0.4, 0.5) is 10.1 Å². The molecule has 0 spiro atoms. The van der Waals surface area contributed by atoms with Crippen LogP contribution in [0.5, 0.6) is 0 Å². The maximum Gasteiger partial charge on any atom is 0.272 e. The molecule has 158 valence electrons. The molecule has 0 aliphatic heterocycles.